The molecule has 5 nitrogen and oxygen atoms in total. The Morgan fingerprint density at radius 3 is 2.52 bits per heavy atom. The van der Waals surface area contributed by atoms with Crippen LogP contribution in [0.2, 0.25) is 0 Å². The van der Waals surface area contributed by atoms with Gasteiger partial charge in [-0.1, -0.05) is 19.1 Å². The number of ether oxygens (including phenoxy) is 2. The van der Waals surface area contributed by atoms with Crippen molar-refractivity contribution in [2.24, 2.45) is 5.92 Å². The quantitative estimate of drug-likeness (QED) is 0.245. The number of carbonyl (C=O) groups is 1. The number of thioether (sulfide) groups is 1. The lowest BCUT2D eigenvalue weighted by atomic mass is 9.96. The fourth-order valence-electron chi connectivity index (χ4n) is 3.24. The van der Waals surface area contributed by atoms with Crippen LogP contribution in [-0.4, -0.2) is 44.5 Å². The van der Waals surface area contributed by atoms with Crippen LogP contribution in [0.5, 0.6) is 0 Å². The number of aromatic nitrogens is 1. The number of esters is 1. The van der Waals surface area contributed by atoms with Crippen molar-refractivity contribution < 1.29 is 14.3 Å². The molecule has 0 N–H and O–H groups in total. The van der Waals surface area contributed by atoms with Gasteiger partial charge in [0.25, 0.3) is 0 Å². The first-order valence-electron chi connectivity index (χ1n) is 9.93. The molecule has 1 aromatic heterocycles. The van der Waals surface area contributed by atoms with Crippen molar-refractivity contribution in [3.8, 4) is 0 Å². The van der Waals surface area contributed by atoms with Crippen LogP contribution in [0.25, 0.3) is 5.57 Å². The summed E-state index contributed by atoms with van der Waals surface area (Å²) in [5, 5.41) is 0. The Kier molecular flexibility index (Phi) is 8.83. The summed E-state index contributed by atoms with van der Waals surface area (Å²) in [6, 6.07) is 4.22. The van der Waals surface area contributed by atoms with E-state index in [1.807, 2.05) is 32.3 Å². The average molecular weight is 417 g/mol. The minimum absolute atomic E-state index is 0.205. The van der Waals surface area contributed by atoms with Gasteiger partial charge in [0.15, 0.2) is 0 Å². The molecule has 1 atom stereocenters. The predicted molar refractivity (Wildman–Crippen MR) is 122 cm³/mol. The molecule has 0 spiro atoms. The molecule has 1 saturated heterocycles. The second-order valence-corrected chi connectivity index (χ2v) is 7.91. The Balaban J connectivity index is 2.32. The normalized spacial score (nSPS) is 16.3. The van der Waals surface area contributed by atoms with Crippen molar-refractivity contribution in [1.82, 2.24) is 4.98 Å². The number of pyridine rings is 1. The van der Waals surface area contributed by atoms with Crippen LogP contribution in [0.3, 0.4) is 0 Å². The lowest BCUT2D eigenvalue weighted by Gasteiger charge is -2.32. The molecule has 1 aliphatic heterocycles. The largest absolute Gasteiger partial charge is 0.496 e. The van der Waals surface area contributed by atoms with E-state index in [-0.39, 0.29) is 11.9 Å². The summed E-state index contributed by atoms with van der Waals surface area (Å²) in [4.78, 5) is 19.5. The average Bonchev–Trinajstić information content (AvgIpc) is 2.67. The maximum absolute atomic E-state index is 11.8. The van der Waals surface area contributed by atoms with Gasteiger partial charge in [-0.3, -0.25) is 0 Å². The smallest absolute Gasteiger partial charge is 0.343 e. The summed E-state index contributed by atoms with van der Waals surface area (Å²) in [7, 11) is 3.10. The first kappa shape index (κ1) is 23.1. The van der Waals surface area contributed by atoms with Crippen molar-refractivity contribution in [1.29, 1.82) is 0 Å². The summed E-state index contributed by atoms with van der Waals surface area (Å²) < 4.78 is 10.5. The molecule has 0 bridgehead atoms. The molecule has 2 heterocycles. The SMILES string of the molecule is C/C=C(OC)\C(=C/C(C)C/C=C(\SC)C(=O)OC)c1ccc(N2CCC2)nc1C. The highest BCUT2D eigenvalue weighted by molar-refractivity contribution is 8.03. The first-order chi connectivity index (χ1) is 13.9. The maximum atomic E-state index is 11.8. The molecule has 0 aromatic carbocycles. The minimum atomic E-state index is -0.290. The molecule has 6 heteroatoms. The van der Waals surface area contributed by atoms with E-state index in [0.717, 1.165) is 47.9 Å². The summed E-state index contributed by atoms with van der Waals surface area (Å²) in [6.45, 7) is 8.30. The van der Waals surface area contributed by atoms with Crippen molar-refractivity contribution >= 4 is 29.1 Å². The van der Waals surface area contributed by atoms with E-state index >= 15 is 0 Å². The molecule has 0 saturated carbocycles. The monoisotopic (exact) mass is 416 g/mol. The Morgan fingerprint density at radius 1 is 1.31 bits per heavy atom. The minimum Gasteiger partial charge on any atom is -0.496 e. The number of aryl methyl sites for hydroxylation is 1. The van der Waals surface area contributed by atoms with E-state index in [0.29, 0.717) is 4.91 Å². The van der Waals surface area contributed by atoms with Crippen molar-refractivity contribution in [3.05, 3.63) is 52.3 Å². The second-order valence-electron chi connectivity index (χ2n) is 7.06. The number of rotatable bonds is 9. The number of carbonyl (C=O) groups excluding carboxylic acids is 1. The Morgan fingerprint density at radius 2 is 2.03 bits per heavy atom. The van der Waals surface area contributed by atoms with Crippen LogP contribution in [0.4, 0.5) is 5.82 Å². The molecule has 0 radical (unpaired) electrons. The highest BCUT2D eigenvalue weighted by Gasteiger charge is 2.19. The van der Waals surface area contributed by atoms with Crippen LogP contribution in [0.1, 0.15) is 37.9 Å². The van der Waals surface area contributed by atoms with E-state index in [4.69, 9.17) is 14.5 Å². The summed E-state index contributed by atoms with van der Waals surface area (Å²) in [5.41, 5.74) is 3.08. The molecule has 29 heavy (non-hydrogen) atoms. The topological polar surface area (TPSA) is 51.7 Å². The predicted octanol–water partition coefficient (Wildman–Crippen LogP) is 4.98. The number of nitrogens with zero attached hydrogens (tertiary/aromatic N) is 2. The second kappa shape index (κ2) is 11.1. The van der Waals surface area contributed by atoms with Gasteiger partial charge in [-0.25, -0.2) is 9.78 Å². The van der Waals surface area contributed by atoms with Gasteiger partial charge in [0.2, 0.25) is 0 Å². The van der Waals surface area contributed by atoms with Crippen molar-refractivity contribution in [3.63, 3.8) is 0 Å². The van der Waals surface area contributed by atoms with Crippen LogP contribution in [0.15, 0.2) is 41.0 Å². The van der Waals surface area contributed by atoms with Gasteiger partial charge in [0.05, 0.1) is 19.1 Å². The van der Waals surface area contributed by atoms with Gasteiger partial charge in [0, 0.05) is 29.9 Å². The Hall–Kier alpha value is -2.21. The molecule has 158 valence electrons. The van der Waals surface area contributed by atoms with E-state index < -0.39 is 0 Å². The van der Waals surface area contributed by atoms with E-state index in [1.54, 1.807) is 7.11 Å². The van der Waals surface area contributed by atoms with Gasteiger partial charge in [-0.05, 0) is 57.1 Å². The molecule has 1 aliphatic rings. The summed E-state index contributed by atoms with van der Waals surface area (Å²) >= 11 is 1.40. The van der Waals surface area contributed by atoms with Gasteiger partial charge in [-0.2, -0.15) is 0 Å². The van der Waals surface area contributed by atoms with Crippen molar-refractivity contribution in [2.75, 3.05) is 38.5 Å². The van der Waals surface area contributed by atoms with Crippen molar-refractivity contribution in [2.45, 2.75) is 33.6 Å². The van der Waals surface area contributed by atoms with Gasteiger partial charge in [-0.15, -0.1) is 11.8 Å². The zero-order valence-electron chi connectivity index (χ0n) is 18.3. The number of methoxy groups -OCH3 is 2. The van der Waals surface area contributed by atoms with Crippen LogP contribution in [0, 0.1) is 12.8 Å². The van der Waals surface area contributed by atoms with Gasteiger partial charge >= 0.3 is 5.97 Å². The van der Waals surface area contributed by atoms with E-state index in [2.05, 4.69) is 30.0 Å². The molecular formula is C23H32N2O3S. The zero-order chi connectivity index (χ0) is 21.4. The number of allylic oxidation sites excluding steroid dienone is 4. The van der Waals surface area contributed by atoms with Crippen LogP contribution in [-0.2, 0) is 14.3 Å². The molecule has 1 aromatic rings. The lowest BCUT2D eigenvalue weighted by molar-refractivity contribution is -0.135. The Labute approximate surface area is 178 Å². The first-order valence-corrected chi connectivity index (χ1v) is 11.2. The van der Waals surface area contributed by atoms with Crippen LogP contribution >= 0.6 is 11.8 Å². The molecule has 2 rings (SSSR count). The third kappa shape index (κ3) is 5.89. The summed E-state index contributed by atoms with van der Waals surface area (Å²) in [5.74, 6) is 1.77. The van der Waals surface area contributed by atoms with Gasteiger partial charge in [0.1, 0.15) is 11.6 Å². The standard InChI is InChI=1S/C23H32N2O3S/c1-7-20(27-4)19(15-16(2)9-11-21(29-6)23(26)28-5)18-10-12-22(24-17(18)3)25-13-8-14-25/h7,10-12,15-16H,8-9,13-14H2,1-6H3/b19-15-,20-7+,21-11-. The van der Waals surface area contributed by atoms with E-state index in [9.17, 15) is 4.79 Å². The number of anilines is 1. The fraction of sp³-hybridized carbons (Fsp3) is 0.478. The molecule has 0 amide bonds. The van der Waals surface area contributed by atoms with Crippen LogP contribution < -0.4 is 4.90 Å². The maximum Gasteiger partial charge on any atom is 0.343 e. The molecule has 0 aliphatic carbocycles. The highest BCUT2D eigenvalue weighted by atomic mass is 32.2. The summed E-state index contributed by atoms with van der Waals surface area (Å²) in [6.07, 6.45) is 9.95. The number of hydrogen-bond donors (Lipinski definition) is 0. The third-order valence-corrected chi connectivity index (χ3v) is 5.79. The number of hydrogen-bond acceptors (Lipinski definition) is 6. The molecule has 1 unspecified atom stereocenters. The zero-order valence-corrected chi connectivity index (χ0v) is 19.1. The third-order valence-electron chi connectivity index (χ3n) is 5.02. The molecular weight excluding hydrogens is 384 g/mol. The highest BCUT2D eigenvalue weighted by Crippen LogP contribution is 2.30. The lowest BCUT2D eigenvalue weighted by Crippen LogP contribution is -2.37. The Bertz CT molecular complexity index is 810. The molecule has 1 fully saturated rings. The fourth-order valence-corrected chi connectivity index (χ4v) is 3.75. The van der Waals surface area contributed by atoms with Gasteiger partial charge < -0.3 is 14.4 Å². The van der Waals surface area contributed by atoms with E-state index in [1.165, 1.54) is 25.3 Å².